The molecule has 1 aromatic carbocycles. The summed E-state index contributed by atoms with van der Waals surface area (Å²) in [6.07, 6.45) is 0. The van der Waals surface area contributed by atoms with Gasteiger partial charge in [0.2, 0.25) is 0 Å². The van der Waals surface area contributed by atoms with E-state index in [2.05, 4.69) is 37.2 Å². The zero-order chi connectivity index (χ0) is 14.9. The summed E-state index contributed by atoms with van der Waals surface area (Å²) in [7, 11) is 0. The van der Waals surface area contributed by atoms with E-state index in [1.165, 1.54) is 29.5 Å². The second-order valence-electron chi connectivity index (χ2n) is 3.69. The minimum absolute atomic E-state index is 0.0539. The molecule has 0 fully saturated rings. The van der Waals surface area contributed by atoms with Crippen LogP contribution >= 0.6 is 54.8 Å². The van der Waals surface area contributed by atoms with E-state index < -0.39 is 5.97 Å². The maximum Gasteiger partial charge on any atom is 0.335 e. The lowest BCUT2D eigenvalue weighted by atomic mass is 10.2. The first-order valence-electron chi connectivity index (χ1n) is 5.17. The molecule has 0 atom stereocenters. The number of hydrogen-bond donors (Lipinski definition) is 2. The molecule has 4 nitrogen and oxygen atoms in total. The van der Waals surface area contributed by atoms with Crippen molar-refractivity contribution in [1.29, 1.82) is 0 Å². The maximum atomic E-state index is 12.1. The van der Waals surface area contributed by atoms with Gasteiger partial charge in [-0.2, -0.15) is 0 Å². The Kier molecular flexibility index (Phi) is 4.85. The Balaban J connectivity index is 2.27. The first kappa shape index (κ1) is 15.5. The van der Waals surface area contributed by atoms with Gasteiger partial charge in [-0.25, -0.2) is 4.79 Å². The van der Waals surface area contributed by atoms with Crippen LogP contribution in [0.15, 0.2) is 32.5 Å². The fourth-order valence-electron chi connectivity index (χ4n) is 1.40. The number of anilines is 1. The van der Waals surface area contributed by atoms with Crippen LogP contribution in [0.3, 0.4) is 0 Å². The first-order valence-corrected chi connectivity index (χ1v) is 7.95. The van der Waals surface area contributed by atoms with E-state index in [0.717, 1.165) is 8.26 Å². The number of rotatable bonds is 3. The number of aromatic carboxylic acids is 1. The van der Waals surface area contributed by atoms with E-state index in [0.29, 0.717) is 4.88 Å². The van der Waals surface area contributed by atoms with Crippen molar-refractivity contribution >= 4 is 72.4 Å². The van der Waals surface area contributed by atoms with Crippen LogP contribution in [0.4, 0.5) is 5.69 Å². The van der Waals surface area contributed by atoms with Crippen LogP contribution in [-0.2, 0) is 0 Å². The van der Waals surface area contributed by atoms with Crippen LogP contribution in [0, 0.1) is 0 Å². The Labute approximate surface area is 140 Å². The third-order valence-corrected chi connectivity index (χ3v) is 5.92. The number of benzene rings is 1. The molecule has 0 unspecified atom stereocenters. The first-order chi connectivity index (χ1) is 9.38. The van der Waals surface area contributed by atoms with Crippen molar-refractivity contribution in [2.45, 2.75) is 0 Å². The van der Waals surface area contributed by atoms with Crippen molar-refractivity contribution in [2.75, 3.05) is 5.32 Å². The highest BCUT2D eigenvalue weighted by Crippen LogP contribution is 2.33. The molecule has 0 saturated heterocycles. The number of amides is 1. The predicted octanol–water partition coefficient (Wildman–Crippen LogP) is 4.88. The highest BCUT2D eigenvalue weighted by molar-refractivity contribution is 9.13. The summed E-state index contributed by atoms with van der Waals surface area (Å²) in [4.78, 5) is 23.4. The Morgan fingerprint density at radius 2 is 1.95 bits per heavy atom. The highest BCUT2D eigenvalue weighted by atomic mass is 79.9. The molecule has 104 valence electrons. The van der Waals surface area contributed by atoms with Gasteiger partial charge in [-0.1, -0.05) is 11.6 Å². The molecule has 1 aromatic heterocycles. The maximum absolute atomic E-state index is 12.1. The fourth-order valence-corrected chi connectivity index (χ4v) is 3.49. The molecule has 0 aliphatic carbocycles. The van der Waals surface area contributed by atoms with Gasteiger partial charge in [0.15, 0.2) is 0 Å². The normalized spacial score (nSPS) is 10.3. The van der Waals surface area contributed by atoms with Crippen molar-refractivity contribution < 1.29 is 14.7 Å². The van der Waals surface area contributed by atoms with Gasteiger partial charge in [0, 0.05) is 4.47 Å². The monoisotopic (exact) mass is 437 g/mol. The number of carboxylic acids is 1. The number of halogens is 3. The van der Waals surface area contributed by atoms with E-state index in [9.17, 15) is 9.59 Å². The molecule has 2 aromatic rings. The quantitative estimate of drug-likeness (QED) is 0.717. The molecule has 0 aliphatic heterocycles. The van der Waals surface area contributed by atoms with E-state index in [1.54, 1.807) is 6.07 Å². The van der Waals surface area contributed by atoms with Crippen molar-refractivity contribution in [1.82, 2.24) is 0 Å². The molecule has 1 amide bonds. The lowest BCUT2D eigenvalue weighted by Crippen LogP contribution is -2.11. The van der Waals surface area contributed by atoms with Crippen LogP contribution in [0.5, 0.6) is 0 Å². The van der Waals surface area contributed by atoms with E-state index in [4.69, 9.17) is 16.7 Å². The third kappa shape index (κ3) is 3.41. The number of carbonyl (C=O) groups excluding carboxylic acids is 1. The van der Waals surface area contributed by atoms with E-state index in [-0.39, 0.29) is 22.2 Å². The average Bonchev–Trinajstić information content (AvgIpc) is 2.72. The molecule has 1 heterocycles. The zero-order valence-corrected chi connectivity index (χ0v) is 14.4. The van der Waals surface area contributed by atoms with Crippen molar-refractivity contribution in [3.8, 4) is 0 Å². The van der Waals surface area contributed by atoms with E-state index in [1.807, 2.05) is 0 Å². The van der Waals surface area contributed by atoms with Gasteiger partial charge < -0.3 is 10.4 Å². The minimum atomic E-state index is -1.08. The molecule has 0 spiro atoms. The molecular formula is C12H6Br2ClNO3S. The van der Waals surface area contributed by atoms with E-state index >= 15 is 0 Å². The number of carbonyl (C=O) groups is 2. The fraction of sp³-hybridized carbons (Fsp3) is 0. The smallest absolute Gasteiger partial charge is 0.335 e. The Bertz CT molecular complexity index is 683. The Hall–Kier alpha value is -0.890. The summed E-state index contributed by atoms with van der Waals surface area (Å²) in [5.41, 5.74) is 0.315. The minimum Gasteiger partial charge on any atom is -0.478 e. The predicted molar refractivity (Wildman–Crippen MR) is 86.1 cm³/mol. The molecule has 20 heavy (non-hydrogen) atoms. The second kappa shape index (κ2) is 6.26. The summed E-state index contributed by atoms with van der Waals surface area (Å²) in [6.45, 7) is 0. The summed E-state index contributed by atoms with van der Waals surface area (Å²) in [5.74, 6) is -1.44. The van der Waals surface area contributed by atoms with Crippen LogP contribution in [-0.4, -0.2) is 17.0 Å². The SMILES string of the molecule is O=C(O)c1ccc(Cl)c(NC(=O)c2cc(Br)c(Br)s2)c1. The zero-order valence-electron chi connectivity index (χ0n) is 9.62. The van der Waals surface area contributed by atoms with Gasteiger partial charge in [-0.05, 0) is 56.1 Å². The summed E-state index contributed by atoms with van der Waals surface area (Å²) in [6, 6.07) is 5.79. The van der Waals surface area contributed by atoms with Gasteiger partial charge in [0.1, 0.15) is 0 Å². The van der Waals surface area contributed by atoms with Gasteiger partial charge >= 0.3 is 5.97 Å². The molecule has 0 aliphatic rings. The van der Waals surface area contributed by atoms with Crippen LogP contribution in [0.1, 0.15) is 20.0 Å². The summed E-state index contributed by atoms with van der Waals surface area (Å²) < 4.78 is 1.58. The standard InChI is InChI=1S/C12H6Br2ClNO3S/c13-6-4-9(20-10(6)14)11(17)16-8-3-5(12(18)19)1-2-7(8)15/h1-4H,(H,16,17)(H,18,19). The molecule has 2 rings (SSSR count). The van der Waals surface area contributed by atoms with Gasteiger partial charge in [0.05, 0.1) is 24.9 Å². The molecule has 0 radical (unpaired) electrons. The van der Waals surface area contributed by atoms with Crippen molar-refractivity contribution in [3.63, 3.8) is 0 Å². The molecule has 0 bridgehead atoms. The van der Waals surface area contributed by atoms with Crippen LogP contribution in [0.25, 0.3) is 0 Å². The largest absolute Gasteiger partial charge is 0.478 e. The molecule has 2 N–H and O–H groups in total. The number of carboxylic acid groups (broad SMARTS) is 1. The Morgan fingerprint density at radius 3 is 2.50 bits per heavy atom. The molecule has 0 saturated carbocycles. The third-order valence-electron chi connectivity index (χ3n) is 2.33. The topological polar surface area (TPSA) is 66.4 Å². The van der Waals surface area contributed by atoms with Crippen molar-refractivity contribution in [2.24, 2.45) is 0 Å². The number of thiophene rings is 1. The summed E-state index contributed by atoms with van der Waals surface area (Å²) in [5, 5.41) is 11.8. The van der Waals surface area contributed by atoms with Crippen LogP contribution < -0.4 is 5.32 Å². The van der Waals surface area contributed by atoms with Crippen molar-refractivity contribution in [3.05, 3.63) is 48.0 Å². The average molecular weight is 440 g/mol. The highest BCUT2D eigenvalue weighted by Gasteiger charge is 2.15. The Morgan fingerprint density at radius 1 is 1.25 bits per heavy atom. The lowest BCUT2D eigenvalue weighted by molar-refractivity contribution is 0.0696. The summed E-state index contributed by atoms with van der Waals surface area (Å²) >= 11 is 13.8. The molecule has 8 heteroatoms. The molecular weight excluding hydrogens is 433 g/mol. The lowest BCUT2D eigenvalue weighted by Gasteiger charge is -2.07. The van der Waals surface area contributed by atoms with Gasteiger partial charge in [-0.15, -0.1) is 11.3 Å². The number of nitrogens with one attached hydrogen (secondary N) is 1. The van der Waals surface area contributed by atoms with Crippen LogP contribution in [0.2, 0.25) is 5.02 Å². The number of hydrogen-bond acceptors (Lipinski definition) is 3. The second-order valence-corrected chi connectivity index (χ2v) is 7.32. The van der Waals surface area contributed by atoms with Gasteiger partial charge in [-0.3, -0.25) is 4.79 Å². The van der Waals surface area contributed by atoms with Gasteiger partial charge in [0.25, 0.3) is 5.91 Å².